The van der Waals surface area contributed by atoms with Gasteiger partial charge in [-0.15, -0.1) is 0 Å². The minimum absolute atomic E-state index is 0.188. The minimum Gasteiger partial charge on any atom is -0.319 e. The van der Waals surface area contributed by atoms with Crippen LogP contribution in [-0.4, -0.2) is 42.0 Å². The van der Waals surface area contributed by atoms with Crippen LogP contribution in [0.4, 0.5) is 4.79 Å². The van der Waals surface area contributed by atoms with Gasteiger partial charge in [-0.1, -0.05) is 43.7 Å². The summed E-state index contributed by atoms with van der Waals surface area (Å²) in [5.74, 6) is 0.479. The Hall–Kier alpha value is -1.88. The van der Waals surface area contributed by atoms with E-state index < -0.39 is 5.54 Å². The van der Waals surface area contributed by atoms with Gasteiger partial charge in [0.25, 0.3) is 5.91 Å². The average Bonchev–Trinajstić information content (AvgIpc) is 2.72. The fraction of sp³-hybridized carbons (Fsp3) is 0.579. The fourth-order valence-corrected chi connectivity index (χ4v) is 2.99. The smallest absolute Gasteiger partial charge is 0.319 e. The quantitative estimate of drug-likeness (QED) is 0.781. The van der Waals surface area contributed by atoms with Gasteiger partial charge in [0.2, 0.25) is 0 Å². The second kappa shape index (κ2) is 7.34. The lowest BCUT2D eigenvalue weighted by Gasteiger charge is -2.25. The third-order valence-corrected chi connectivity index (χ3v) is 4.61. The molecule has 1 heterocycles. The Morgan fingerprint density at radius 1 is 1.21 bits per heavy atom. The van der Waals surface area contributed by atoms with Crippen molar-refractivity contribution in [3.05, 3.63) is 35.4 Å². The molecule has 1 unspecified atom stereocenters. The number of benzene rings is 1. The largest absolute Gasteiger partial charge is 0.326 e. The second-order valence-corrected chi connectivity index (χ2v) is 7.41. The molecule has 1 N–H and O–H groups in total. The number of aryl methyl sites for hydroxylation is 1. The van der Waals surface area contributed by atoms with E-state index in [4.69, 9.17) is 0 Å². The highest BCUT2D eigenvalue weighted by atomic mass is 16.2. The van der Waals surface area contributed by atoms with Crippen LogP contribution in [0, 0.1) is 12.8 Å². The third-order valence-electron chi connectivity index (χ3n) is 4.61. The van der Waals surface area contributed by atoms with Crippen LogP contribution >= 0.6 is 0 Å². The van der Waals surface area contributed by atoms with Crippen LogP contribution in [-0.2, 0) is 10.3 Å². The molecule has 2 rings (SSSR count). The average molecular weight is 331 g/mol. The zero-order valence-electron chi connectivity index (χ0n) is 15.4. The van der Waals surface area contributed by atoms with Crippen molar-refractivity contribution >= 4 is 11.9 Å². The number of nitrogens with zero attached hydrogens (tertiary/aromatic N) is 2. The van der Waals surface area contributed by atoms with Crippen molar-refractivity contribution in [2.24, 2.45) is 5.92 Å². The summed E-state index contributed by atoms with van der Waals surface area (Å²) < 4.78 is 0. The van der Waals surface area contributed by atoms with E-state index in [1.807, 2.05) is 43.1 Å². The number of imide groups is 1. The molecule has 1 aromatic carbocycles. The van der Waals surface area contributed by atoms with Crippen LogP contribution in [0.5, 0.6) is 0 Å². The number of carbonyl (C=O) groups excluding carboxylic acids is 2. The summed E-state index contributed by atoms with van der Waals surface area (Å²) in [5.41, 5.74) is 0.959. The Kier molecular flexibility index (Phi) is 5.65. The van der Waals surface area contributed by atoms with Crippen molar-refractivity contribution in [2.45, 2.75) is 46.1 Å². The standard InChI is InChI=1S/C19H29N3O2/c1-14(2)7-6-12-21(5)13-22-17(23)19(4,20-18(22)24)16-10-8-15(3)9-11-16/h8-11,14H,6-7,12-13H2,1-5H3,(H,20,24). The Balaban J connectivity index is 2.04. The molecule has 1 aromatic rings. The van der Waals surface area contributed by atoms with Gasteiger partial charge in [-0.2, -0.15) is 0 Å². The van der Waals surface area contributed by atoms with Crippen LogP contribution in [0.3, 0.4) is 0 Å². The van der Waals surface area contributed by atoms with Crippen LogP contribution in [0.1, 0.15) is 44.7 Å². The first kappa shape index (κ1) is 18.5. The molecule has 132 valence electrons. The Morgan fingerprint density at radius 2 is 1.83 bits per heavy atom. The molecule has 0 aliphatic carbocycles. The van der Waals surface area contributed by atoms with Crippen molar-refractivity contribution in [2.75, 3.05) is 20.3 Å². The van der Waals surface area contributed by atoms with Gasteiger partial charge in [0.1, 0.15) is 5.54 Å². The number of hydrogen-bond acceptors (Lipinski definition) is 3. The highest BCUT2D eigenvalue weighted by molar-refractivity contribution is 6.07. The van der Waals surface area contributed by atoms with E-state index in [2.05, 4.69) is 19.2 Å². The SMILES string of the molecule is Cc1ccc(C2(C)NC(=O)N(CN(C)CCCC(C)C)C2=O)cc1. The molecule has 1 fully saturated rings. The maximum Gasteiger partial charge on any atom is 0.326 e. The van der Waals surface area contributed by atoms with Gasteiger partial charge in [-0.25, -0.2) is 9.69 Å². The molecule has 5 nitrogen and oxygen atoms in total. The zero-order chi connectivity index (χ0) is 17.9. The summed E-state index contributed by atoms with van der Waals surface area (Å²) in [7, 11) is 1.95. The van der Waals surface area contributed by atoms with Gasteiger partial charge in [-0.3, -0.25) is 9.69 Å². The summed E-state index contributed by atoms with van der Waals surface area (Å²) in [6, 6.07) is 7.41. The number of hydrogen-bond donors (Lipinski definition) is 1. The van der Waals surface area contributed by atoms with Crippen molar-refractivity contribution in [1.29, 1.82) is 0 Å². The first-order chi connectivity index (χ1) is 11.2. The van der Waals surface area contributed by atoms with Gasteiger partial charge < -0.3 is 5.32 Å². The van der Waals surface area contributed by atoms with Gasteiger partial charge in [0.15, 0.2) is 0 Å². The van der Waals surface area contributed by atoms with E-state index >= 15 is 0 Å². The van der Waals surface area contributed by atoms with Crippen molar-refractivity contribution in [3.63, 3.8) is 0 Å². The lowest BCUT2D eigenvalue weighted by molar-refractivity contribution is -0.132. The van der Waals surface area contributed by atoms with Gasteiger partial charge in [0.05, 0.1) is 6.67 Å². The van der Waals surface area contributed by atoms with Gasteiger partial charge >= 0.3 is 6.03 Å². The number of rotatable bonds is 7. The second-order valence-electron chi connectivity index (χ2n) is 7.41. The highest BCUT2D eigenvalue weighted by Crippen LogP contribution is 2.29. The van der Waals surface area contributed by atoms with Crippen molar-refractivity contribution < 1.29 is 9.59 Å². The summed E-state index contributed by atoms with van der Waals surface area (Å²) in [6.07, 6.45) is 2.21. The molecule has 1 saturated heterocycles. The lowest BCUT2D eigenvalue weighted by atomic mass is 9.91. The lowest BCUT2D eigenvalue weighted by Crippen LogP contribution is -2.43. The molecule has 0 bridgehead atoms. The molecule has 1 aliphatic heterocycles. The van der Waals surface area contributed by atoms with Crippen molar-refractivity contribution in [1.82, 2.24) is 15.1 Å². The van der Waals surface area contributed by atoms with E-state index in [-0.39, 0.29) is 11.9 Å². The van der Waals surface area contributed by atoms with E-state index in [0.717, 1.165) is 30.5 Å². The molecule has 0 spiro atoms. The maximum atomic E-state index is 12.9. The number of amides is 3. The summed E-state index contributed by atoms with van der Waals surface area (Å²) >= 11 is 0. The molecule has 1 aliphatic rings. The van der Waals surface area contributed by atoms with E-state index in [9.17, 15) is 9.59 Å². The summed E-state index contributed by atoms with van der Waals surface area (Å²) in [4.78, 5) is 28.5. The predicted molar refractivity (Wildman–Crippen MR) is 95.5 cm³/mol. The first-order valence-electron chi connectivity index (χ1n) is 8.64. The van der Waals surface area contributed by atoms with Crippen molar-refractivity contribution in [3.8, 4) is 0 Å². The monoisotopic (exact) mass is 331 g/mol. The van der Waals surface area contributed by atoms with Crippen LogP contribution < -0.4 is 5.32 Å². The van der Waals surface area contributed by atoms with Crippen LogP contribution in [0.2, 0.25) is 0 Å². The van der Waals surface area contributed by atoms with Gasteiger partial charge in [-0.05, 0) is 51.8 Å². The van der Waals surface area contributed by atoms with E-state index in [0.29, 0.717) is 12.6 Å². The number of nitrogens with one attached hydrogen (secondary N) is 1. The maximum absolute atomic E-state index is 12.9. The van der Waals surface area contributed by atoms with E-state index in [1.165, 1.54) is 4.90 Å². The molecular weight excluding hydrogens is 302 g/mol. The minimum atomic E-state index is -0.983. The third kappa shape index (κ3) is 3.96. The summed E-state index contributed by atoms with van der Waals surface area (Å²) in [6.45, 7) is 9.37. The zero-order valence-corrected chi connectivity index (χ0v) is 15.4. The highest BCUT2D eigenvalue weighted by Gasteiger charge is 2.49. The molecule has 5 heteroatoms. The summed E-state index contributed by atoms with van der Waals surface area (Å²) in [5, 5.41) is 2.86. The number of urea groups is 1. The van der Waals surface area contributed by atoms with Gasteiger partial charge in [0, 0.05) is 0 Å². The Bertz CT molecular complexity index is 597. The predicted octanol–water partition coefficient (Wildman–Crippen LogP) is 3.09. The number of carbonyl (C=O) groups is 2. The Labute approximate surface area is 145 Å². The van der Waals surface area contributed by atoms with Crippen LogP contribution in [0.15, 0.2) is 24.3 Å². The van der Waals surface area contributed by atoms with Crippen LogP contribution in [0.25, 0.3) is 0 Å². The van der Waals surface area contributed by atoms with E-state index in [1.54, 1.807) is 6.92 Å². The molecule has 1 atom stereocenters. The molecular formula is C19H29N3O2. The molecule has 3 amide bonds. The Morgan fingerprint density at radius 3 is 2.42 bits per heavy atom. The first-order valence-corrected chi connectivity index (χ1v) is 8.64. The topological polar surface area (TPSA) is 52.7 Å². The molecule has 0 aromatic heterocycles. The fourth-order valence-electron chi connectivity index (χ4n) is 2.99. The molecule has 24 heavy (non-hydrogen) atoms. The molecule has 0 radical (unpaired) electrons. The molecule has 0 saturated carbocycles. The normalized spacial score (nSPS) is 21.0.